The number of hydrogen-bond acceptors (Lipinski definition) is 2. The Hall–Kier alpha value is -3.88. The molecule has 0 unspecified atom stereocenters. The molecule has 0 N–H and O–H groups in total. The number of hydrogen-bond donors (Lipinski definition) is 0. The molecule has 1 saturated carbocycles. The van der Waals surface area contributed by atoms with E-state index in [9.17, 15) is 0 Å². The van der Waals surface area contributed by atoms with Crippen molar-refractivity contribution in [2.75, 3.05) is 7.11 Å². The molecule has 4 aromatic carbocycles. The minimum atomic E-state index is 0.810. The van der Waals surface area contributed by atoms with Crippen molar-refractivity contribution >= 4 is 28.4 Å². The summed E-state index contributed by atoms with van der Waals surface area (Å²) in [4.78, 5) is 3.96. The Morgan fingerprint density at radius 2 is 1.51 bits per heavy atom. The Labute approximate surface area is 265 Å². The SMILES string of the molecule is C=Cc1ccccc1.CCC1CCCC1.CCc1cccnc1.COc1ccc2ccccc2c1.Cc1cccc(Cl)c1. The van der Waals surface area contributed by atoms with Gasteiger partial charge >= 0.3 is 0 Å². The van der Waals surface area contributed by atoms with Crippen LogP contribution in [0.2, 0.25) is 5.02 Å². The van der Waals surface area contributed by atoms with Gasteiger partial charge in [0.25, 0.3) is 0 Å². The average Bonchev–Trinajstić information content (AvgIpc) is 3.61. The van der Waals surface area contributed by atoms with Crippen LogP contribution < -0.4 is 4.74 Å². The van der Waals surface area contributed by atoms with E-state index >= 15 is 0 Å². The number of aryl methyl sites for hydroxylation is 2. The summed E-state index contributed by atoms with van der Waals surface area (Å²) >= 11 is 5.64. The second kappa shape index (κ2) is 21.8. The highest BCUT2D eigenvalue weighted by Crippen LogP contribution is 2.26. The van der Waals surface area contributed by atoms with E-state index in [0.29, 0.717) is 0 Å². The third-order valence-electron chi connectivity index (χ3n) is 7.16. The molecule has 0 atom stereocenters. The van der Waals surface area contributed by atoms with E-state index in [-0.39, 0.29) is 0 Å². The van der Waals surface area contributed by atoms with Gasteiger partial charge in [0.2, 0.25) is 0 Å². The molecular weight excluding hydrogens is 546 g/mol. The zero-order valence-corrected chi connectivity index (χ0v) is 27.1. The molecule has 1 aromatic heterocycles. The van der Waals surface area contributed by atoms with Crippen LogP contribution >= 0.6 is 11.6 Å². The minimum Gasteiger partial charge on any atom is -0.497 e. The van der Waals surface area contributed by atoms with E-state index < -0.39 is 0 Å². The van der Waals surface area contributed by atoms with Crippen molar-refractivity contribution in [2.24, 2.45) is 5.92 Å². The summed E-state index contributed by atoms with van der Waals surface area (Å²) in [6, 6.07) is 36.1. The largest absolute Gasteiger partial charge is 0.497 e. The third-order valence-corrected chi connectivity index (χ3v) is 7.39. The quantitative estimate of drug-likeness (QED) is 0.207. The van der Waals surface area contributed by atoms with E-state index in [4.69, 9.17) is 16.3 Å². The number of aromatic nitrogens is 1. The van der Waals surface area contributed by atoms with Crippen LogP contribution in [0.4, 0.5) is 0 Å². The van der Waals surface area contributed by atoms with Gasteiger partial charge in [0.05, 0.1) is 7.11 Å². The summed E-state index contributed by atoms with van der Waals surface area (Å²) in [5, 5.41) is 3.28. The lowest BCUT2D eigenvalue weighted by molar-refractivity contribution is 0.415. The molecule has 2 nitrogen and oxygen atoms in total. The summed E-state index contributed by atoms with van der Waals surface area (Å²) < 4.78 is 5.12. The van der Waals surface area contributed by atoms with Crippen molar-refractivity contribution in [1.29, 1.82) is 0 Å². The van der Waals surface area contributed by atoms with E-state index in [2.05, 4.69) is 49.7 Å². The van der Waals surface area contributed by atoms with Gasteiger partial charge in [-0.05, 0) is 77.1 Å². The number of pyridine rings is 1. The summed E-state index contributed by atoms with van der Waals surface area (Å²) in [6.07, 6.45) is 14.0. The van der Waals surface area contributed by atoms with Crippen LogP contribution in [0, 0.1) is 12.8 Å². The molecule has 0 saturated heterocycles. The van der Waals surface area contributed by atoms with Gasteiger partial charge in [0, 0.05) is 17.4 Å². The molecule has 1 aliphatic rings. The van der Waals surface area contributed by atoms with Gasteiger partial charge in [0.1, 0.15) is 5.75 Å². The smallest absolute Gasteiger partial charge is 0.119 e. The molecule has 226 valence electrons. The lowest BCUT2D eigenvalue weighted by Crippen LogP contribution is -1.86. The molecule has 0 aliphatic heterocycles. The topological polar surface area (TPSA) is 22.1 Å². The van der Waals surface area contributed by atoms with Gasteiger partial charge in [-0.2, -0.15) is 0 Å². The van der Waals surface area contributed by atoms with Crippen LogP contribution in [0.15, 0.2) is 128 Å². The molecule has 1 fully saturated rings. The normalized spacial score (nSPS) is 11.7. The summed E-state index contributed by atoms with van der Waals surface area (Å²) in [6.45, 7) is 10.1. The van der Waals surface area contributed by atoms with Crippen molar-refractivity contribution in [3.8, 4) is 5.75 Å². The van der Waals surface area contributed by atoms with E-state index in [1.807, 2.05) is 104 Å². The Kier molecular flexibility index (Phi) is 17.9. The van der Waals surface area contributed by atoms with Gasteiger partial charge < -0.3 is 4.74 Å². The fourth-order valence-electron chi connectivity index (χ4n) is 4.51. The number of fused-ring (bicyclic) bond motifs is 1. The molecule has 0 radical (unpaired) electrons. The summed E-state index contributed by atoms with van der Waals surface area (Å²) in [7, 11) is 1.68. The molecule has 1 heterocycles. The molecule has 0 spiro atoms. The minimum absolute atomic E-state index is 0.810. The number of ether oxygens (including phenoxy) is 1. The first kappa shape index (κ1) is 35.3. The van der Waals surface area contributed by atoms with Crippen molar-refractivity contribution in [3.63, 3.8) is 0 Å². The van der Waals surface area contributed by atoms with Gasteiger partial charge in [-0.1, -0.05) is 149 Å². The van der Waals surface area contributed by atoms with Crippen molar-refractivity contribution in [1.82, 2.24) is 4.98 Å². The second-order valence-electron chi connectivity index (χ2n) is 10.4. The Morgan fingerprint density at radius 3 is 1.98 bits per heavy atom. The molecular formula is C40H48ClNO. The second-order valence-corrected chi connectivity index (χ2v) is 10.8. The Morgan fingerprint density at radius 1 is 0.814 bits per heavy atom. The van der Waals surface area contributed by atoms with Gasteiger partial charge in [0.15, 0.2) is 0 Å². The average molecular weight is 594 g/mol. The molecule has 1 aliphatic carbocycles. The Bertz CT molecular complexity index is 1400. The maximum Gasteiger partial charge on any atom is 0.119 e. The van der Waals surface area contributed by atoms with Crippen molar-refractivity contribution < 1.29 is 4.74 Å². The molecule has 5 aromatic rings. The zero-order chi connectivity index (χ0) is 31.1. The maximum absolute atomic E-state index is 5.64. The number of methoxy groups -OCH3 is 1. The Balaban J connectivity index is 0.000000191. The highest BCUT2D eigenvalue weighted by Gasteiger charge is 2.11. The lowest BCUT2D eigenvalue weighted by Gasteiger charge is -2.00. The lowest BCUT2D eigenvalue weighted by atomic mass is 10.1. The third kappa shape index (κ3) is 15.2. The van der Waals surface area contributed by atoms with Crippen LogP contribution in [-0.4, -0.2) is 12.1 Å². The first-order valence-corrected chi connectivity index (χ1v) is 15.7. The fourth-order valence-corrected chi connectivity index (χ4v) is 4.76. The van der Waals surface area contributed by atoms with Crippen LogP contribution in [0.3, 0.4) is 0 Å². The van der Waals surface area contributed by atoms with Crippen LogP contribution in [0.5, 0.6) is 5.75 Å². The molecule has 6 rings (SSSR count). The predicted octanol–water partition coefficient (Wildman–Crippen LogP) is 12.1. The summed E-state index contributed by atoms with van der Waals surface area (Å²) in [5.74, 6) is 2.01. The number of benzene rings is 4. The van der Waals surface area contributed by atoms with E-state index in [0.717, 1.165) is 23.1 Å². The van der Waals surface area contributed by atoms with Crippen LogP contribution in [-0.2, 0) is 6.42 Å². The summed E-state index contributed by atoms with van der Waals surface area (Å²) in [5.41, 5.74) is 3.68. The van der Waals surface area contributed by atoms with Gasteiger partial charge in [-0.15, -0.1) is 0 Å². The number of halogens is 1. The first-order chi connectivity index (χ1) is 21.0. The molecule has 0 bridgehead atoms. The van der Waals surface area contributed by atoms with E-state index in [1.54, 1.807) is 13.3 Å². The van der Waals surface area contributed by atoms with E-state index in [1.165, 1.54) is 59.6 Å². The number of nitrogens with zero attached hydrogens (tertiary/aromatic N) is 1. The molecule has 3 heteroatoms. The molecule has 0 amide bonds. The maximum atomic E-state index is 5.64. The fraction of sp³-hybridized carbons (Fsp3) is 0.275. The zero-order valence-electron chi connectivity index (χ0n) is 26.4. The van der Waals surface area contributed by atoms with Crippen LogP contribution in [0.25, 0.3) is 16.8 Å². The van der Waals surface area contributed by atoms with Gasteiger partial charge in [-0.25, -0.2) is 0 Å². The van der Waals surface area contributed by atoms with Crippen LogP contribution in [0.1, 0.15) is 62.6 Å². The highest BCUT2D eigenvalue weighted by atomic mass is 35.5. The standard InChI is InChI=1S/C11H10O.C8H8.C7H7Cl.C7H9N.C7H14/c1-12-11-7-6-9-4-2-3-5-10(9)8-11;1-2-8-6-4-3-5-7-8;1-6-3-2-4-7(8)5-6;1-2-7-4-3-5-8-6-7;1-2-7-5-3-4-6-7/h2-8H,1H3;2-7H,1H2;2-5H,1H3;3-6H,2H2,1H3;7H,2-6H2,1H3. The first-order valence-electron chi connectivity index (χ1n) is 15.3. The highest BCUT2D eigenvalue weighted by molar-refractivity contribution is 6.30. The monoisotopic (exact) mass is 593 g/mol. The van der Waals surface area contributed by atoms with Crippen molar-refractivity contribution in [2.45, 2.75) is 59.3 Å². The van der Waals surface area contributed by atoms with Crippen molar-refractivity contribution in [3.05, 3.63) is 150 Å². The van der Waals surface area contributed by atoms with Gasteiger partial charge in [-0.3, -0.25) is 4.98 Å². The predicted molar refractivity (Wildman–Crippen MR) is 189 cm³/mol. The number of rotatable bonds is 4. The molecule has 43 heavy (non-hydrogen) atoms.